The molecule has 2 heterocycles. The number of rotatable bonds is 5. The van der Waals surface area contributed by atoms with E-state index >= 15 is 0 Å². The van der Waals surface area contributed by atoms with E-state index in [4.69, 9.17) is 5.73 Å². The fourth-order valence-corrected chi connectivity index (χ4v) is 5.78. The van der Waals surface area contributed by atoms with Crippen molar-refractivity contribution in [2.45, 2.75) is 17.7 Å². The molecule has 0 saturated carbocycles. The van der Waals surface area contributed by atoms with Crippen LogP contribution in [0.25, 0.3) is 0 Å². The lowest BCUT2D eigenvalue weighted by Gasteiger charge is -2.35. The predicted molar refractivity (Wildman–Crippen MR) is 122 cm³/mol. The summed E-state index contributed by atoms with van der Waals surface area (Å²) in [6.45, 7) is 2.86. The first-order valence-electron chi connectivity index (χ1n) is 10.8. The van der Waals surface area contributed by atoms with Gasteiger partial charge in [-0.15, -0.1) is 0 Å². The van der Waals surface area contributed by atoms with E-state index < -0.39 is 10.0 Å². The Kier molecular flexibility index (Phi) is 6.48. The van der Waals surface area contributed by atoms with Crippen LogP contribution in [0.2, 0.25) is 0 Å². The molecule has 2 amide bonds. The first-order valence-corrected chi connectivity index (χ1v) is 12.3. The normalized spacial score (nSPS) is 18.5. The summed E-state index contributed by atoms with van der Waals surface area (Å²) in [6, 6.07) is 16.2. The smallest absolute Gasteiger partial charge is 0.253 e. The zero-order valence-electron chi connectivity index (χ0n) is 17.9. The maximum atomic E-state index is 13.2. The molecular weight excluding hydrogens is 428 g/mol. The van der Waals surface area contributed by atoms with Crippen LogP contribution in [0, 0.1) is 5.92 Å². The number of sulfonamides is 1. The summed E-state index contributed by atoms with van der Waals surface area (Å²) in [5, 5.41) is 0. The van der Waals surface area contributed by atoms with Crippen LogP contribution in [0.3, 0.4) is 0 Å². The highest BCUT2D eigenvalue weighted by Gasteiger charge is 2.30. The van der Waals surface area contributed by atoms with Gasteiger partial charge in [0.25, 0.3) is 5.91 Å². The zero-order chi connectivity index (χ0) is 22.7. The summed E-state index contributed by atoms with van der Waals surface area (Å²) in [5.41, 5.74) is 6.78. The van der Waals surface area contributed by atoms with Crippen LogP contribution in [0.15, 0.2) is 59.5 Å². The maximum Gasteiger partial charge on any atom is 0.253 e. The summed E-state index contributed by atoms with van der Waals surface area (Å²) >= 11 is 0. The molecule has 2 N–H and O–H groups in total. The Morgan fingerprint density at radius 2 is 1.50 bits per heavy atom. The molecule has 9 heteroatoms. The van der Waals surface area contributed by atoms with Crippen LogP contribution in [-0.4, -0.2) is 68.7 Å². The van der Waals surface area contributed by atoms with E-state index in [-0.39, 0.29) is 22.6 Å². The quantitative estimate of drug-likeness (QED) is 0.735. The van der Waals surface area contributed by atoms with E-state index in [1.807, 2.05) is 30.3 Å². The molecule has 2 fully saturated rings. The van der Waals surface area contributed by atoms with Crippen molar-refractivity contribution in [2.75, 3.05) is 44.2 Å². The molecule has 8 nitrogen and oxygen atoms in total. The minimum atomic E-state index is -3.70. The van der Waals surface area contributed by atoms with Gasteiger partial charge >= 0.3 is 0 Å². The molecule has 0 spiro atoms. The number of anilines is 1. The van der Waals surface area contributed by atoms with Crippen molar-refractivity contribution in [3.63, 3.8) is 0 Å². The van der Waals surface area contributed by atoms with Crippen LogP contribution in [0.1, 0.15) is 23.2 Å². The van der Waals surface area contributed by atoms with Gasteiger partial charge in [0.15, 0.2) is 0 Å². The number of nitrogens with two attached hydrogens (primary N) is 1. The van der Waals surface area contributed by atoms with E-state index in [1.165, 1.54) is 16.4 Å². The Labute approximate surface area is 188 Å². The van der Waals surface area contributed by atoms with Gasteiger partial charge in [0.1, 0.15) is 0 Å². The summed E-state index contributed by atoms with van der Waals surface area (Å²) in [5.74, 6) is -0.767. The third kappa shape index (κ3) is 4.63. The Hall–Kier alpha value is -2.91. The number of para-hydroxylation sites is 1. The molecule has 0 radical (unpaired) electrons. The van der Waals surface area contributed by atoms with Crippen molar-refractivity contribution in [1.82, 2.24) is 9.21 Å². The van der Waals surface area contributed by atoms with Crippen molar-refractivity contribution in [1.29, 1.82) is 0 Å². The number of hydrogen-bond acceptors (Lipinski definition) is 5. The third-order valence-electron chi connectivity index (χ3n) is 6.26. The second-order valence-corrected chi connectivity index (χ2v) is 10.2. The highest BCUT2D eigenvalue weighted by atomic mass is 32.2. The third-order valence-corrected chi connectivity index (χ3v) is 8.16. The van der Waals surface area contributed by atoms with Gasteiger partial charge in [-0.1, -0.05) is 24.3 Å². The lowest BCUT2D eigenvalue weighted by Crippen LogP contribution is -2.48. The van der Waals surface area contributed by atoms with Crippen LogP contribution in [0.5, 0.6) is 0 Å². The van der Waals surface area contributed by atoms with Crippen molar-refractivity contribution >= 4 is 27.5 Å². The van der Waals surface area contributed by atoms with E-state index in [9.17, 15) is 18.0 Å². The molecule has 2 aromatic rings. The topological polar surface area (TPSA) is 104 Å². The number of carbonyl (C=O) groups is 2. The molecule has 32 heavy (non-hydrogen) atoms. The lowest BCUT2D eigenvalue weighted by molar-refractivity contribution is -0.123. The molecular formula is C23H28N4O4S. The van der Waals surface area contributed by atoms with Crippen molar-refractivity contribution in [3.05, 3.63) is 60.2 Å². The number of hydrogen-bond donors (Lipinski definition) is 1. The van der Waals surface area contributed by atoms with Crippen LogP contribution >= 0.6 is 0 Å². The fourth-order valence-electron chi connectivity index (χ4n) is 4.31. The van der Waals surface area contributed by atoms with E-state index in [0.717, 1.165) is 5.69 Å². The number of amides is 2. The lowest BCUT2D eigenvalue weighted by atomic mass is 9.96. The van der Waals surface area contributed by atoms with Gasteiger partial charge in [-0.2, -0.15) is 4.31 Å². The maximum absolute atomic E-state index is 13.2. The minimum absolute atomic E-state index is 0.128. The van der Waals surface area contributed by atoms with Crippen molar-refractivity contribution in [2.24, 2.45) is 11.7 Å². The Morgan fingerprint density at radius 3 is 2.12 bits per heavy atom. The van der Waals surface area contributed by atoms with Gasteiger partial charge in [-0.3, -0.25) is 9.59 Å². The number of carbonyl (C=O) groups excluding carboxylic acids is 2. The van der Waals surface area contributed by atoms with Crippen LogP contribution < -0.4 is 10.6 Å². The molecule has 0 aliphatic carbocycles. The molecule has 4 rings (SSSR count). The number of piperidine rings is 1. The summed E-state index contributed by atoms with van der Waals surface area (Å²) in [4.78, 5) is 28.2. The highest BCUT2D eigenvalue weighted by Crippen LogP contribution is 2.23. The molecule has 0 aromatic heterocycles. The van der Waals surface area contributed by atoms with E-state index in [1.54, 1.807) is 17.0 Å². The largest absolute Gasteiger partial charge is 0.369 e. The number of piperazine rings is 1. The molecule has 2 aliphatic rings. The molecule has 0 bridgehead atoms. The predicted octanol–water partition coefficient (Wildman–Crippen LogP) is 1.53. The Bertz CT molecular complexity index is 1070. The van der Waals surface area contributed by atoms with E-state index in [2.05, 4.69) is 4.90 Å². The average molecular weight is 457 g/mol. The van der Waals surface area contributed by atoms with Gasteiger partial charge < -0.3 is 15.5 Å². The van der Waals surface area contributed by atoms with Gasteiger partial charge in [0.2, 0.25) is 15.9 Å². The highest BCUT2D eigenvalue weighted by molar-refractivity contribution is 7.89. The van der Waals surface area contributed by atoms with Gasteiger partial charge in [-0.25, -0.2) is 8.42 Å². The monoisotopic (exact) mass is 456 g/mol. The number of nitrogens with zero attached hydrogens (tertiary/aromatic N) is 3. The summed E-state index contributed by atoms with van der Waals surface area (Å²) in [6.07, 6.45) is 1.06. The zero-order valence-corrected chi connectivity index (χ0v) is 18.7. The average Bonchev–Trinajstić information content (AvgIpc) is 2.84. The molecule has 0 atom stereocenters. The van der Waals surface area contributed by atoms with Gasteiger partial charge in [0, 0.05) is 56.4 Å². The van der Waals surface area contributed by atoms with Crippen LogP contribution in [-0.2, 0) is 14.8 Å². The minimum Gasteiger partial charge on any atom is -0.369 e. The molecule has 2 aliphatic heterocycles. The Balaban J connectivity index is 1.43. The first kappa shape index (κ1) is 22.3. The van der Waals surface area contributed by atoms with Crippen molar-refractivity contribution < 1.29 is 18.0 Å². The van der Waals surface area contributed by atoms with E-state index in [0.29, 0.717) is 57.7 Å². The molecule has 2 saturated heterocycles. The van der Waals surface area contributed by atoms with Crippen molar-refractivity contribution in [3.8, 4) is 0 Å². The standard InChI is InChI=1S/C23H28N4O4S/c24-22(28)18-9-11-26(12-10-18)23(29)19-5-4-8-21(17-19)32(30,31)27-15-13-25(14-16-27)20-6-2-1-3-7-20/h1-8,17-18H,9-16H2,(H2,24,28). The number of benzene rings is 2. The van der Waals surface area contributed by atoms with Gasteiger partial charge in [-0.05, 0) is 43.2 Å². The Morgan fingerprint density at radius 1 is 0.844 bits per heavy atom. The number of likely N-dealkylation sites (tertiary alicyclic amines) is 1. The number of primary amides is 1. The SMILES string of the molecule is NC(=O)C1CCN(C(=O)c2cccc(S(=O)(=O)N3CCN(c4ccccc4)CC3)c2)CC1. The fraction of sp³-hybridized carbons (Fsp3) is 0.391. The second kappa shape index (κ2) is 9.30. The van der Waals surface area contributed by atoms with Crippen LogP contribution in [0.4, 0.5) is 5.69 Å². The van der Waals surface area contributed by atoms with Gasteiger partial charge in [0.05, 0.1) is 4.90 Å². The first-order chi connectivity index (χ1) is 15.4. The molecule has 170 valence electrons. The summed E-state index contributed by atoms with van der Waals surface area (Å²) in [7, 11) is -3.70. The molecule has 2 aromatic carbocycles. The molecule has 0 unspecified atom stereocenters. The second-order valence-electron chi connectivity index (χ2n) is 8.22. The summed E-state index contributed by atoms with van der Waals surface area (Å²) < 4.78 is 27.9.